The van der Waals surface area contributed by atoms with Gasteiger partial charge in [-0.1, -0.05) is 6.07 Å². The van der Waals surface area contributed by atoms with Crippen LogP contribution in [0, 0.1) is 5.82 Å². The van der Waals surface area contributed by atoms with E-state index in [1.807, 2.05) is 0 Å². The Labute approximate surface area is 151 Å². The molecule has 1 aromatic carbocycles. The molecule has 138 valence electrons. The lowest BCUT2D eigenvalue weighted by molar-refractivity contribution is -0.0532. The SMILES string of the molecule is CNc1ncccc1C(=O)N1CCC[C@@](O)(COc2cccc(F)c2)C1. The normalized spacial score (nSPS) is 19.9. The average molecular weight is 359 g/mol. The molecule has 0 unspecified atom stereocenters. The molecule has 1 fully saturated rings. The van der Waals surface area contributed by atoms with Gasteiger partial charge in [0.25, 0.3) is 5.91 Å². The number of ether oxygens (including phenoxy) is 1. The third kappa shape index (κ3) is 4.11. The number of β-amino-alcohol motifs (C(OH)–C–C–N with tert-alkyl or cyclic N) is 1. The average Bonchev–Trinajstić information content (AvgIpc) is 2.66. The van der Waals surface area contributed by atoms with Gasteiger partial charge >= 0.3 is 0 Å². The number of carbonyl (C=O) groups excluding carboxylic acids is 1. The maximum Gasteiger partial charge on any atom is 0.257 e. The summed E-state index contributed by atoms with van der Waals surface area (Å²) >= 11 is 0. The molecule has 2 heterocycles. The predicted octanol–water partition coefficient (Wildman–Crippen LogP) is 2.31. The van der Waals surface area contributed by atoms with Crippen LogP contribution in [-0.2, 0) is 0 Å². The van der Waals surface area contributed by atoms with Gasteiger partial charge in [0.05, 0.1) is 12.1 Å². The van der Waals surface area contributed by atoms with Crippen molar-refractivity contribution in [3.05, 3.63) is 54.0 Å². The van der Waals surface area contributed by atoms with Crippen molar-refractivity contribution < 1.29 is 19.0 Å². The summed E-state index contributed by atoms with van der Waals surface area (Å²) in [6, 6.07) is 9.19. The predicted molar refractivity (Wildman–Crippen MR) is 95.8 cm³/mol. The summed E-state index contributed by atoms with van der Waals surface area (Å²) < 4.78 is 18.8. The number of aliphatic hydroxyl groups is 1. The van der Waals surface area contributed by atoms with Gasteiger partial charge in [-0.2, -0.15) is 0 Å². The standard InChI is InChI=1S/C19H22FN3O3/c1-21-17-16(7-3-9-22-17)18(24)23-10-4-8-19(25,12-23)13-26-15-6-2-5-14(20)11-15/h2-3,5-7,9,11,25H,4,8,10,12-13H2,1H3,(H,21,22)/t19-/m0/s1. The van der Waals surface area contributed by atoms with Crippen molar-refractivity contribution in [3.8, 4) is 5.75 Å². The number of nitrogens with zero attached hydrogens (tertiary/aromatic N) is 2. The third-order valence-corrected chi connectivity index (χ3v) is 4.42. The lowest BCUT2D eigenvalue weighted by Crippen LogP contribution is -2.53. The van der Waals surface area contributed by atoms with E-state index < -0.39 is 11.4 Å². The molecule has 0 aliphatic carbocycles. The van der Waals surface area contributed by atoms with Gasteiger partial charge in [0, 0.05) is 25.9 Å². The van der Waals surface area contributed by atoms with E-state index in [1.165, 1.54) is 12.1 Å². The number of benzene rings is 1. The molecule has 1 saturated heterocycles. The fraction of sp³-hybridized carbons (Fsp3) is 0.368. The molecule has 2 N–H and O–H groups in total. The maximum absolute atomic E-state index is 13.2. The Kier molecular flexibility index (Phi) is 5.37. The van der Waals surface area contributed by atoms with E-state index in [0.29, 0.717) is 36.5 Å². The van der Waals surface area contributed by atoms with Crippen LogP contribution in [0.2, 0.25) is 0 Å². The molecule has 0 saturated carbocycles. The third-order valence-electron chi connectivity index (χ3n) is 4.42. The number of amides is 1. The van der Waals surface area contributed by atoms with Crippen LogP contribution in [0.3, 0.4) is 0 Å². The molecule has 1 aliphatic heterocycles. The van der Waals surface area contributed by atoms with Crippen molar-refractivity contribution in [2.45, 2.75) is 18.4 Å². The van der Waals surface area contributed by atoms with E-state index in [-0.39, 0.29) is 19.1 Å². The quantitative estimate of drug-likeness (QED) is 0.857. The molecule has 1 aliphatic rings. The highest BCUT2D eigenvalue weighted by Crippen LogP contribution is 2.25. The summed E-state index contributed by atoms with van der Waals surface area (Å²) in [6.45, 7) is 0.699. The van der Waals surface area contributed by atoms with Crippen molar-refractivity contribution in [2.24, 2.45) is 0 Å². The Hall–Kier alpha value is -2.67. The van der Waals surface area contributed by atoms with Crippen LogP contribution in [0.25, 0.3) is 0 Å². The van der Waals surface area contributed by atoms with Gasteiger partial charge in [0.2, 0.25) is 0 Å². The van der Waals surface area contributed by atoms with Crippen LogP contribution in [-0.4, -0.2) is 53.2 Å². The molecule has 3 rings (SSSR count). The topological polar surface area (TPSA) is 74.7 Å². The minimum absolute atomic E-state index is 0.00778. The minimum atomic E-state index is -1.18. The number of pyridine rings is 1. The van der Waals surface area contributed by atoms with Crippen LogP contribution in [0.15, 0.2) is 42.6 Å². The highest BCUT2D eigenvalue weighted by Gasteiger charge is 2.36. The van der Waals surface area contributed by atoms with Gasteiger partial charge in [-0.15, -0.1) is 0 Å². The van der Waals surface area contributed by atoms with E-state index >= 15 is 0 Å². The van der Waals surface area contributed by atoms with Crippen molar-refractivity contribution in [3.63, 3.8) is 0 Å². The summed E-state index contributed by atoms with van der Waals surface area (Å²) in [7, 11) is 1.71. The Morgan fingerprint density at radius 2 is 2.27 bits per heavy atom. The number of aromatic nitrogens is 1. The van der Waals surface area contributed by atoms with E-state index in [2.05, 4.69) is 10.3 Å². The van der Waals surface area contributed by atoms with E-state index in [1.54, 1.807) is 42.4 Å². The van der Waals surface area contributed by atoms with Gasteiger partial charge in [0.15, 0.2) is 0 Å². The molecule has 0 bridgehead atoms. The Morgan fingerprint density at radius 3 is 3.04 bits per heavy atom. The van der Waals surface area contributed by atoms with Crippen LogP contribution in [0.4, 0.5) is 10.2 Å². The summed E-state index contributed by atoms with van der Waals surface area (Å²) in [5.74, 6) is 0.270. The number of anilines is 1. The second kappa shape index (κ2) is 7.70. The lowest BCUT2D eigenvalue weighted by Gasteiger charge is -2.39. The maximum atomic E-state index is 13.2. The van der Waals surface area contributed by atoms with E-state index in [0.717, 1.165) is 0 Å². The van der Waals surface area contributed by atoms with Gasteiger partial charge in [-0.25, -0.2) is 9.37 Å². The van der Waals surface area contributed by atoms with Gasteiger partial charge in [-0.05, 0) is 37.1 Å². The first-order chi connectivity index (χ1) is 12.5. The zero-order valence-electron chi connectivity index (χ0n) is 14.6. The van der Waals surface area contributed by atoms with Crippen molar-refractivity contribution >= 4 is 11.7 Å². The second-order valence-corrected chi connectivity index (χ2v) is 6.45. The van der Waals surface area contributed by atoms with E-state index in [4.69, 9.17) is 4.74 Å². The monoisotopic (exact) mass is 359 g/mol. The summed E-state index contributed by atoms with van der Waals surface area (Å²) in [5, 5.41) is 13.8. The van der Waals surface area contributed by atoms with Gasteiger partial charge in [0.1, 0.15) is 29.6 Å². The van der Waals surface area contributed by atoms with Crippen LogP contribution in [0.1, 0.15) is 23.2 Å². The second-order valence-electron chi connectivity index (χ2n) is 6.45. The number of nitrogens with one attached hydrogen (secondary N) is 1. The molecule has 0 radical (unpaired) electrons. The molecule has 1 aromatic heterocycles. The molecule has 0 spiro atoms. The van der Waals surface area contributed by atoms with Crippen molar-refractivity contribution in [1.29, 1.82) is 0 Å². The number of piperidine rings is 1. The Morgan fingerprint density at radius 1 is 1.42 bits per heavy atom. The zero-order chi connectivity index (χ0) is 18.6. The first-order valence-corrected chi connectivity index (χ1v) is 8.53. The Bertz CT molecular complexity index is 786. The molecule has 1 atom stereocenters. The highest BCUT2D eigenvalue weighted by molar-refractivity contribution is 5.98. The minimum Gasteiger partial charge on any atom is -0.490 e. The number of carbonyl (C=O) groups is 1. The number of rotatable bonds is 5. The largest absolute Gasteiger partial charge is 0.490 e. The number of hydrogen-bond acceptors (Lipinski definition) is 5. The Balaban J connectivity index is 1.68. The van der Waals surface area contributed by atoms with Gasteiger partial charge in [-0.3, -0.25) is 4.79 Å². The zero-order valence-corrected chi connectivity index (χ0v) is 14.6. The molecular formula is C19H22FN3O3. The molecular weight excluding hydrogens is 337 g/mol. The molecule has 2 aromatic rings. The van der Waals surface area contributed by atoms with Gasteiger partial charge < -0.3 is 20.1 Å². The fourth-order valence-corrected chi connectivity index (χ4v) is 3.13. The van der Waals surface area contributed by atoms with Crippen LogP contribution >= 0.6 is 0 Å². The molecule has 26 heavy (non-hydrogen) atoms. The van der Waals surface area contributed by atoms with Crippen LogP contribution in [0.5, 0.6) is 5.75 Å². The fourth-order valence-electron chi connectivity index (χ4n) is 3.13. The number of likely N-dealkylation sites (tertiary alicyclic amines) is 1. The molecule has 7 heteroatoms. The lowest BCUT2D eigenvalue weighted by atomic mass is 9.93. The number of hydrogen-bond donors (Lipinski definition) is 2. The van der Waals surface area contributed by atoms with Crippen molar-refractivity contribution in [2.75, 3.05) is 32.1 Å². The number of halogens is 1. The highest BCUT2D eigenvalue weighted by atomic mass is 19.1. The smallest absolute Gasteiger partial charge is 0.257 e. The summed E-state index contributed by atoms with van der Waals surface area (Å²) in [5.41, 5.74) is -0.715. The molecule has 6 nitrogen and oxygen atoms in total. The van der Waals surface area contributed by atoms with E-state index in [9.17, 15) is 14.3 Å². The summed E-state index contributed by atoms with van der Waals surface area (Å²) in [4.78, 5) is 18.6. The molecule has 1 amide bonds. The summed E-state index contributed by atoms with van der Waals surface area (Å²) in [6.07, 6.45) is 2.78. The van der Waals surface area contributed by atoms with Crippen molar-refractivity contribution in [1.82, 2.24) is 9.88 Å². The van der Waals surface area contributed by atoms with Crippen LogP contribution < -0.4 is 10.1 Å². The first-order valence-electron chi connectivity index (χ1n) is 8.53. The first kappa shape index (κ1) is 18.1.